The zero-order valence-electron chi connectivity index (χ0n) is 7.36. The Kier molecular flexibility index (Phi) is 6.91. The molecule has 0 aromatic carbocycles. The van der Waals surface area contributed by atoms with E-state index in [1.165, 1.54) is 0 Å². The summed E-state index contributed by atoms with van der Waals surface area (Å²) in [7, 11) is 0. The second kappa shape index (κ2) is 6.76. The first kappa shape index (κ1) is 12.3. The van der Waals surface area contributed by atoms with Gasteiger partial charge in [-0.2, -0.15) is 0 Å². The van der Waals surface area contributed by atoms with Crippen molar-refractivity contribution in [2.75, 3.05) is 0 Å². The molecule has 0 aliphatic carbocycles. The van der Waals surface area contributed by atoms with Crippen molar-refractivity contribution in [3.05, 3.63) is 25.3 Å². The number of unbranched alkanes of at least 4 members (excludes halogenated alkanes) is 1. The van der Waals surface area contributed by atoms with Crippen molar-refractivity contribution in [1.82, 2.24) is 0 Å². The van der Waals surface area contributed by atoms with E-state index >= 15 is 0 Å². The van der Waals surface area contributed by atoms with Gasteiger partial charge in [-0.05, 0) is 31.4 Å². The molecule has 12 heavy (non-hydrogen) atoms. The molecular formula is C9H16Cl2Si. The summed E-state index contributed by atoms with van der Waals surface area (Å²) >= 11 is 12.3. The van der Waals surface area contributed by atoms with Gasteiger partial charge in [0.25, 0.3) is 6.69 Å². The smallest absolute Gasteiger partial charge is 0.146 e. The highest BCUT2D eigenvalue weighted by Gasteiger charge is 2.25. The van der Waals surface area contributed by atoms with Crippen molar-refractivity contribution in [2.24, 2.45) is 0 Å². The monoisotopic (exact) mass is 222 g/mol. The summed E-state index contributed by atoms with van der Waals surface area (Å²) < 4.78 is 0. The van der Waals surface area contributed by atoms with Crippen LogP contribution in [0.4, 0.5) is 0 Å². The van der Waals surface area contributed by atoms with E-state index in [0.717, 1.165) is 31.4 Å². The highest BCUT2D eigenvalue weighted by Crippen LogP contribution is 2.29. The van der Waals surface area contributed by atoms with E-state index in [9.17, 15) is 0 Å². The quantitative estimate of drug-likeness (QED) is 0.259. The topological polar surface area (TPSA) is 0 Å². The van der Waals surface area contributed by atoms with E-state index in [2.05, 4.69) is 13.2 Å². The van der Waals surface area contributed by atoms with Gasteiger partial charge in [0, 0.05) is 0 Å². The number of rotatable bonds is 7. The molecule has 0 fully saturated rings. The van der Waals surface area contributed by atoms with Crippen molar-refractivity contribution >= 4 is 28.9 Å². The molecule has 0 unspecified atom stereocenters. The zero-order chi connectivity index (χ0) is 9.45. The molecule has 70 valence electrons. The van der Waals surface area contributed by atoms with E-state index < -0.39 is 6.69 Å². The maximum Gasteiger partial charge on any atom is 0.251 e. The Morgan fingerprint density at radius 2 is 1.58 bits per heavy atom. The molecule has 0 rings (SSSR count). The normalized spacial score (nSPS) is 11.2. The first-order valence-electron chi connectivity index (χ1n) is 4.22. The molecule has 0 amide bonds. The first-order valence-corrected chi connectivity index (χ1v) is 8.66. The molecule has 0 heterocycles. The van der Waals surface area contributed by atoms with Gasteiger partial charge in [0.05, 0.1) is 0 Å². The van der Waals surface area contributed by atoms with E-state index in [1.807, 2.05) is 12.2 Å². The molecule has 0 N–H and O–H groups in total. The Hall–Kier alpha value is 0.277. The summed E-state index contributed by atoms with van der Waals surface area (Å²) in [5.74, 6) is 0. The van der Waals surface area contributed by atoms with Gasteiger partial charge in [0.2, 0.25) is 0 Å². The lowest BCUT2D eigenvalue weighted by molar-refractivity contribution is 0.939. The van der Waals surface area contributed by atoms with Gasteiger partial charge in [0.15, 0.2) is 0 Å². The summed E-state index contributed by atoms with van der Waals surface area (Å²) in [5.41, 5.74) is 0. The molecule has 0 saturated carbocycles. The Morgan fingerprint density at radius 1 is 1.00 bits per heavy atom. The molecule has 0 aromatic heterocycles. The minimum atomic E-state index is -1.94. The summed E-state index contributed by atoms with van der Waals surface area (Å²) in [5, 5.41) is 0. The van der Waals surface area contributed by atoms with Crippen molar-refractivity contribution in [3.8, 4) is 0 Å². The second-order valence-electron chi connectivity index (χ2n) is 2.86. The van der Waals surface area contributed by atoms with Gasteiger partial charge >= 0.3 is 0 Å². The SMILES string of the molecule is C=CCCC[Si](Cl)(Cl)CCC=C. The largest absolute Gasteiger partial charge is 0.251 e. The van der Waals surface area contributed by atoms with Crippen LogP contribution in [-0.4, -0.2) is 6.69 Å². The van der Waals surface area contributed by atoms with Crippen LogP contribution in [0.15, 0.2) is 25.3 Å². The lowest BCUT2D eigenvalue weighted by Crippen LogP contribution is -2.17. The third kappa shape index (κ3) is 6.95. The van der Waals surface area contributed by atoms with Crippen molar-refractivity contribution in [2.45, 2.75) is 31.4 Å². The van der Waals surface area contributed by atoms with E-state index in [0.29, 0.717) is 0 Å². The van der Waals surface area contributed by atoms with E-state index in [4.69, 9.17) is 22.2 Å². The minimum absolute atomic E-state index is 0.927. The van der Waals surface area contributed by atoms with Gasteiger partial charge in [-0.25, -0.2) is 0 Å². The van der Waals surface area contributed by atoms with Gasteiger partial charge in [0.1, 0.15) is 0 Å². The Morgan fingerprint density at radius 3 is 2.08 bits per heavy atom. The molecule has 0 saturated heterocycles. The predicted molar refractivity (Wildman–Crippen MR) is 61.3 cm³/mol. The average Bonchev–Trinajstić information content (AvgIpc) is 2.01. The molecule has 0 spiro atoms. The lowest BCUT2D eigenvalue weighted by Gasteiger charge is -2.14. The molecule has 0 aromatic rings. The van der Waals surface area contributed by atoms with Crippen molar-refractivity contribution in [3.63, 3.8) is 0 Å². The fourth-order valence-electron chi connectivity index (χ4n) is 0.943. The lowest BCUT2D eigenvalue weighted by atomic mass is 10.3. The first-order chi connectivity index (χ1) is 5.62. The van der Waals surface area contributed by atoms with Crippen LogP contribution >= 0.6 is 22.2 Å². The summed E-state index contributed by atoms with van der Waals surface area (Å²) in [4.78, 5) is 0. The third-order valence-corrected chi connectivity index (χ3v) is 6.04. The van der Waals surface area contributed by atoms with Crippen LogP contribution in [0.25, 0.3) is 0 Å². The highest BCUT2D eigenvalue weighted by molar-refractivity contribution is 7.45. The Bertz CT molecular complexity index is 143. The number of hydrogen-bond acceptors (Lipinski definition) is 0. The number of halogens is 2. The van der Waals surface area contributed by atoms with Crippen LogP contribution in [0, 0.1) is 0 Å². The zero-order valence-corrected chi connectivity index (χ0v) is 9.87. The van der Waals surface area contributed by atoms with Crippen LogP contribution in [-0.2, 0) is 0 Å². The number of hydrogen-bond donors (Lipinski definition) is 0. The van der Waals surface area contributed by atoms with Crippen LogP contribution in [0.1, 0.15) is 19.3 Å². The molecule has 0 aliphatic heterocycles. The number of allylic oxidation sites excluding steroid dienone is 2. The molecule has 0 radical (unpaired) electrons. The Labute approximate surface area is 85.7 Å². The molecule has 3 heteroatoms. The fraction of sp³-hybridized carbons (Fsp3) is 0.556. The Balaban J connectivity index is 3.54. The van der Waals surface area contributed by atoms with Crippen LogP contribution in [0.2, 0.25) is 12.1 Å². The van der Waals surface area contributed by atoms with Crippen LogP contribution in [0.5, 0.6) is 0 Å². The van der Waals surface area contributed by atoms with Gasteiger partial charge in [-0.1, -0.05) is 12.2 Å². The average molecular weight is 223 g/mol. The van der Waals surface area contributed by atoms with Gasteiger partial charge < -0.3 is 0 Å². The predicted octanol–water partition coefficient (Wildman–Crippen LogP) is 4.45. The molecular weight excluding hydrogens is 207 g/mol. The second-order valence-corrected chi connectivity index (χ2v) is 10.5. The van der Waals surface area contributed by atoms with Crippen molar-refractivity contribution < 1.29 is 0 Å². The minimum Gasteiger partial charge on any atom is -0.146 e. The fourth-order valence-corrected chi connectivity index (χ4v) is 4.00. The maximum absolute atomic E-state index is 6.17. The molecule has 0 aliphatic rings. The third-order valence-electron chi connectivity index (χ3n) is 1.67. The van der Waals surface area contributed by atoms with Crippen molar-refractivity contribution in [1.29, 1.82) is 0 Å². The molecule has 0 nitrogen and oxygen atoms in total. The summed E-state index contributed by atoms with van der Waals surface area (Å²) in [6.07, 6.45) is 6.81. The summed E-state index contributed by atoms with van der Waals surface area (Å²) in [6, 6.07) is 1.90. The van der Waals surface area contributed by atoms with Crippen LogP contribution in [0.3, 0.4) is 0 Å². The van der Waals surface area contributed by atoms with Crippen LogP contribution < -0.4 is 0 Å². The van der Waals surface area contributed by atoms with E-state index in [1.54, 1.807) is 0 Å². The molecule has 0 atom stereocenters. The summed E-state index contributed by atoms with van der Waals surface area (Å²) in [6.45, 7) is 5.37. The highest BCUT2D eigenvalue weighted by atomic mass is 35.7. The standard InChI is InChI=1S/C9H16Cl2Si/c1-3-5-7-9-12(10,11)8-6-4-2/h3-4H,1-2,5-9H2. The van der Waals surface area contributed by atoms with E-state index in [-0.39, 0.29) is 0 Å². The van der Waals surface area contributed by atoms with Gasteiger partial charge in [-0.3, -0.25) is 0 Å². The van der Waals surface area contributed by atoms with Gasteiger partial charge in [-0.15, -0.1) is 35.3 Å². The molecule has 0 bridgehead atoms. The maximum atomic E-state index is 6.17.